The molecule has 0 saturated carbocycles. The first-order valence-electron chi connectivity index (χ1n) is 13.0. The number of aryl methyl sites for hydroxylation is 1. The normalized spacial score (nSPS) is 17.2. The van der Waals surface area contributed by atoms with E-state index in [0.717, 1.165) is 34.3 Å². The Bertz CT molecular complexity index is 1440. The number of carbonyl (C=O) groups excluding carboxylic acids is 1. The number of aromatic nitrogens is 2. The van der Waals surface area contributed by atoms with Crippen LogP contribution in [0.25, 0.3) is 33.6 Å². The van der Waals surface area contributed by atoms with Gasteiger partial charge in [0.2, 0.25) is 5.71 Å². The summed E-state index contributed by atoms with van der Waals surface area (Å²) in [5, 5.41) is 4.38. The Kier molecular flexibility index (Phi) is 7.29. The minimum Gasteiger partial charge on any atom is -0.458 e. The van der Waals surface area contributed by atoms with Gasteiger partial charge in [-0.25, -0.2) is 14.8 Å². The van der Waals surface area contributed by atoms with E-state index in [9.17, 15) is 4.79 Å². The molecule has 7 nitrogen and oxygen atoms in total. The van der Waals surface area contributed by atoms with Crippen molar-refractivity contribution in [3.8, 4) is 22.5 Å². The molecule has 196 valence electrons. The summed E-state index contributed by atoms with van der Waals surface area (Å²) in [7, 11) is 0. The number of hydrogen-bond donors (Lipinski definition) is 1. The summed E-state index contributed by atoms with van der Waals surface area (Å²) in [5.41, 5.74) is 4.23. The van der Waals surface area contributed by atoms with Gasteiger partial charge in [-0.2, -0.15) is 0 Å². The molecule has 7 heteroatoms. The fraction of sp³-hybridized carbons (Fsp3) is 0.323. The van der Waals surface area contributed by atoms with Gasteiger partial charge in [-0.1, -0.05) is 73.7 Å². The van der Waals surface area contributed by atoms with Crippen LogP contribution >= 0.6 is 0 Å². The van der Waals surface area contributed by atoms with Crippen molar-refractivity contribution in [2.45, 2.75) is 58.3 Å². The zero-order chi connectivity index (χ0) is 26.7. The molecule has 2 atom stereocenters. The third-order valence-corrected chi connectivity index (χ3v) is 6.38. The third-order valence-electron chi connectivity index (χ3n) is 6.38. The van der Waals surface area contributed by atoms with Crippen molar-refractivity contribution < 1.29 is 18.7 Å². The number of furan rings is 1. The first-order chi connectivity index (χ1) is 18.3. The van der Waals surface area contributed by atoms with E-state index in [4.69, 9.17) is 13.9 Å². The number of carbonyl (C=O) groups is 1. The van der Waals surface area contributed by atoms with Gasteiger partial charge in [0, 0.05) is 23.6 Å². The Balaban J connectivity index is 1.42. The summed E-state index contributed by atoms with van der Waals surface area (Å²) in [5.74, 6) is 1.08. The summed E-state index contributed by atoms with van der Waals surface area (Å²) < 4.78 is 17.5. The molecule has 0 fully saturated rings. The second kappa shape index (κ2) is 10.8. The maximum Gasteiger partial charge on any atom is 0.332 e. The van der Waals surface area contributed by atoms with Gasteiger partial charge in [-0.15, -0.1) is 0 Å². The number of hydrogen-bond acceptors (Lipinski definition) is 7. The molecule has 0 bridgehead atoms. The second-order valence-electron chi connectivity index (χ2n) is 10.4. The molecule has 0 amide bonds. The molecule has 2 heterocycles. The average Bonchev–Trinajstić information content (AvgIpc) is 3.52. The van der Waals surface area contributed by atoms with Crippen molar-refractivity contribution in [2.75, 3.05) is 11.9 Å². The van der Waals surface area contributed by atoms with Gasteiger partial charge in [0.15, 0.2) is 0 Å². The standard InChI is InChI=1S/C31H33N3O4/c1-5-20-11-13-21(14-12-20)26-27-29(32-19-33-30(27)37-28(26)22-9-7-6-8-10-22)34-23-15-16-24(17-23)36-18-25(35)38-31(2,3)4/h6-16,19,23-24H,5,17-18H2,1-4H3,(H,32,33,34). The molecule has 4 aromatic rings. The lowest BCUT2D eigenvalue weighted by atomic mass is 9.98. The number of fused-ring (bicyclic) bond motifs is 1. The monoisotopic (exact) mass is 511 g/mol. The van der Waals surface area contributed by atoms with Crippen LogP contribution in [0, 0.1) is 0 Å². The van der Waals surface area contributed by atoms with Crippen molar-refractivity contribution in [1.82, 2.24) is 9.97 Å². The van der Waals surface area contributed by atoms with E-state index < -0.39 is 5.60 Å². The van der Waals surface area contributed by atoms with Crippen molar-refractivity contribution in [3.05, 3.63) is 78.6 Å². The molecule has 0 aliphatic heterocycles. The lowest BCUT2D eigenvalue weighted by Gasteiger charge is -2.20. The van der Waals surface area contributed by atoms with Crippen molar-refractivity contribution >= 4 is 22.9 Å². The van der Waals surface area contributed by atoms with E-state index in [-0.39, 0.29) is 24.7 Å². The predicted octanol–water partition coefficient (Wildman–Crippen LogP) is 6.59. The van der Waals surface area contributed by atoms with E-state index in [1.165, 1.54) is 11.9 Å². The van der Waals surface area contributed by atoms with Crippen molar-refractivity contribution in [3.63, 3.8) is 0 Å². The van der Waals surface area contributed by atoms with E-state index in [2.05, 4.69) is 46.5 Å². The number of rotatable bonds is 8. The van der Waals surface area contributed by atoms with E-state index >= 15 is 0 Å². The molecular weight excluding hydrogens is 478 g/mol. The molecule has 0 saturated heterocycles. The number of esters is 1. The highest BCUT2D eigenvalue weighted by molar-refractivity contribution is 6.06. The average molecular weight is 512 g/mol. The van der Waals surface area contributed by atoms with E-state index in [1.54, 1.807) is 0 Å². The fourth-order valence-electron chi connectivity index (χ4n) is 4.64. The van der Waals surface area contributed by atoms with Gasteiger partial charge in [-0.05, 0) is 38.3 Å². The maximum absolute atomic E-state index is 12.1. The predicted molar refractivity (Wildman–Crippen MR) is 149 cm³/mol. The van der Waals surface area contributed by atoms with Gasteiger partial charge in [0.25, 0.3) is 0 Å². The number of benzene rings is 2. The van der Waals surface area contributed by atoms with Crippen LogP contribution in [0.15, 0.2) is 77.5 Å². The zero-order valence-corrected chi connectivity index (χ0v) is 22.2. The molecule has 0 radical (unpaired) electrons. The van der Waals surface area contributed by atoms with E-state index in [0.29, 0.717) is 18.0 Å². The first kappa shape index (κ1) is 25.7. The molecule has 5 rings (SSSR count). The molecule has 38 heavy (non-hydrogen) atoms. The molecule has 1 N–H and O–H groups in total. The zero-order valence-electron chi connectivity index (χ0n) is 22.2. The lowest BCUT2D eigenvalue weighted by Crippen LogP contribution is -2.28. The highest BCUT2D eigenvalue weighted by atomic mass is 16.6. The number of nitrogens with zero attached hydrogens (tertiary/aromatic N) is 2. The highest BCUT2D eigenvalue weighted by Gasteiger charge is 2.26. The Morgan fingerprint density at radius 1 is 1.03 bits per heavy atom. The summed E-state index contributed by atoms with van der Waals surface area (Å²) in [6.45, 7) is 7.58. The van der Waals surface area contributed by atoms with Crippen molar-refractivity contribution in [2.24, 2.45) is 0 Å². The summed E-state index contributed by atoms with van der Waals surface area (Å²) in [6.07, 6.45) is 6.97. The Morgan fingerprint density at radius 2 is 1.79 bits per heavy atom. The lowest BCUT2D eigenvalue weighted by molar-refractivity contribution is -0.161. The van der Waals surface area contributed by atoms with Crippen LogP contribution in [0.4, 0.5) is 5.82 Å². The molecule has 2 aromatic carbocycles. The van der Waals surface area contributed by atoms with Crippen LogP contribution in [0.5, 0.6) is 0 Å². The summed E-state index contributed by atoms with van der Waals surface area (Å²) >= 11 is 0. The quantitative estimate of drug-likeness (QED) is 0.211. The molecule has 0 spiro atoms. The van der Waals surface area contributed by atoms with Crippen LogP contribution in [0.1, 0.15) is 39.7 Å². The molecular formula is C31H33N3O4. The summed E-state index contributed by atoms with van der Waals surface area (Å²) in [6, 6.07) is 18.6. The number of anilines is 1. The Labute approximate surface area is 222 Å². The van der Waals surface area contributed by atoms with Crippen LogP contribution in [0.3, 0.4) is 0 Å². The number of nitrogens with one attached hydrogen (secondary N) is 1. The largest absolute Gasteiger partial charge is 0.458 e. The van der Waals surface area contributed by atoms with Crippen LogP contribution < -0.4 is 5.32 Å². The molecule has 1 aliphatic rings. The van der Waals surface area contributed by atoms with Crippen molar-refractivity contribution in [1.29, 1.82) is 0 Å². The fourth-order valence-corrected chi connectivity index (χ4v) is 4.64. The minimum absolute atomic E-state index is 0.0258. The molecule has 2 unspecified atom stereocenters. The molecule has 2 aromatic heterocycles. The number of ether oxygens (including phenoxy) is 2. The van der Waals surface area contributed by atoms with E-state index in [1.807, 2.05) is 63.3 Å². The Morgan fingerprint density at radius 3 is 2.50 bits per heavy atom. The van der Waals surface area contributed by atoms with Crippen LogP contribution in [0.2, 0.25) is 0 Å². The maximum atomic E-state index is 12.1. The highest BCUT2D eigenvalue weighted by Crippen LogP contribution is 2.43. The van der Waals surface area contributed by atoms with Crippen LogP contribution in [-0.4, -0.2) is 40.3 Å². The van der Waals surface area contributed by atoms with Crippen LogP contribution in [-0.2, 0) is 20.7 Å². The smallest absolute Gasteiger partial charge is 0.332 e. The van der Waals surface area contributed by atoms with Gasteiger partial charge >= 0.3 is 5.97 Å². The summed E-state index contributed by atoms with van der Waals surface area (Å²) in [4.78, 5) is 21.1. The van der Waals surface area contributed by atoms with Gasteiger partial charge in [0.05, 0.1) is 11.5 Å². The first-order valence-corrected chi connectivity index (χ1v) is 13.0. The SMILES string of the molecule is CCc1ccc(-c2c(-c3ccccc3)oc3ncnc(NC4C=CC(OCC(=O)OC(C)(C)C)C4)c23)cc1. The Hall–Kier alpha value is -3.97. The second-order valence-corrected chi connectivity index (χ2v) is 10.4. The van der Waals surface area contributed by atoms with Gasteiger partial charge in [0.1, 0.15) is 30.1 Å². The van der Waals surface area contributed by atoms with Gasteiger partial charge in [-0.3, -0.25) is 0 Å². The van der Waals surface area contributed by atoms with Gasteiger partial charge < -0.3 is 19.2 Å². The molecule has 1 aliphatic carbocycles. The topological polar surface area (TPSA) is 86.5 Å². The third kappa shape index (κ3) is 5.78. The minimum atomic E-state index is -0.536.